The maximum Gasteiger partial charge on any atom is 0.255 e. The number of carbonyl (C=O) groups is 1. The van der Waals surface area contributed by atoms with Gasteiger partial charge in [-0.2, -0.15) is 0 Å². The predicted molar refractivity (Wildman–Crippen MR) is 119 cm³/mol. The van der Waals surface area contributed by atoms with Crippen molar-refractivity contribution in [2.75, 3.05) is 5.32 Å². The van der Waals surface area contributed by atoms with Crippen LogP contribution in [0, 0.1) is 0 Å². The molecule has 29 heavy (non-hydrogen) atoms. The van der Waals surface area contributed by atoms with E-state index in [4.69, 9.17) is 11.6 Å². The second-order valence-electron chi connectivity index (χ2n) is 6.49. The molecular weight excluding hydrogens is 384 g/mol. The second kappa shape index (κ2) is 8.17. The first kappa shape index (κ1) is 18.7. The fraction of sp³-hybridized carbons (Fsp3) is 0. The summed E-state index contributed by atoms with van der Waals surface area (Å²) >= 11 is 5.96. The van der Waals surface area contributed by atoms with Gasteiger partial charge in [0.15, 0.2) is 0 Å². The third kappa shape index (κ3) is 4.28. The van der Waals surface area contributed by atoms with E-state index in [0.29, 0.717) is 21.8 Å². The molecule has 0 spiro atoms. The highest BCUT2D eigenvalue weighted by atomic mass is 35.5. The average Bonchev–Trinajstić information content (AvgIpc) is 2.75. The van der Waals surface area contributed by atoms with E-state index in [1.165, 1.54) is 12.3 Å². The Morgan fingerprint density at radius 3 is 2.62 bits per heavy atom. The molecule has 4 aromatic carbocycles. The first-order valence-corrected chi connectivity index (χ1v) is 9.40. The van der Waals surface area contributed by atoms with Gasteiger partial charge in [-0.25, -0.2) is 0 Å². The van der Waals surface area contributed by atoms with Crippen molar-refractivity contribution in [3.05, 3.63) is 101 Å². The first-order valence-electron chi connectivity index (χ1n) is 9.02. The Morgan fingerprint density at radius 1 is 0.931 bits per heavy atom. The highest BCUT2D eigenvalue weighted by Gasteiger charge is 2.09. The molecule has 4 rings (SSSR count). The molecule has 0 saturated carbocycles. The van der Waals surface area contributed by atoms with Crippen molar-refractivity contribution >= 4 is 45.9 Å². The standard InChI is InChI=1S/C24H17ClN2O2/c25-19-11-12-23(28)18(13-19)15-26-20-8-3-7-17(14-20)24(29)27-22-10-4-6-16-5-1-2-9-21(16)22/h1-15,28H,(H,27,29). The number of amides is 1. The largest absolute Gasteiger partial charge is 0.507 e. The molecule has 0 fully saturated rings. The van der Waals surface area contributed by atoms with E-state index in [9.17, 15) is 9.90 Å². The van der Waals surface area contributed by atoms with Crippen molar-refractivity contribution in [3.8, 4) is 5.75 Å². The fourth-order valence-corrected chi connectivity index (χ4v) is 3.21. The lowest BCUT2D eigenvalue weighted by molar-refractivity contribution is 0.102. The number of phenolic OH excluding ortho intramolecular Hbond substituents is 1. The van der Waals surface area contributed by atoms with Crippen molar-refractivity contribution in [3.63, 3.8) is 0 Å². The minimum absolute atomic E-state index is 0.0861. The van der Waals surface area contributed by atoms with Gasteiger partial charge in [-0.1, -0.05) is 54.1 Å². The van der Waals surface area contributed by atoms with Crippen LogP contribution in [0.15, 0.2) is 89.9 Å². The van der Waals surface area contributed by atoms with Gasteiger partial charge in [0.05, 0.1) is 5.69 Å². The van der Waals surface area contributed by atoms with Crippen molar-refractivity contribution in [1.29, 1.82) is 0 Å². The van der Waals surface area contributed by atoms with Crippen LogP contribution in [0.3, 0.4) is 0 Å². The average molecular weight is 401 g/mol. The molecule has 0 bridgehead atoms. The van der Waals surface area contributed by atoms with Crippen molar-refractivity contribution in [2.45, 2.75) is 0 Å². The number of nitrogens with zero attached hydrogens (tertiary/aromatic N) is 1. The fourth-order valence-electron chi connectivity index (χ4n) is 3.03. The number of nitrogens with one attached hydrogen (secondary N) is 1. The molecule has 0 radical (unpaired) electrons. The second-order valence-corrected chi connectivity index (χ2v) is 6.93. The van der Waals surface area contributed by atoms with Crippen LogP contribution < -0.4 is 5.32 Å². The number of phenols is 1. The highest BCUT2D eigenvalue weighted by Crippen LogP contribution is 2.25. The number of benzene rings is 4. The van der Waals surface area contributed by atoms with Crippen LogP contribution in [-0.4, -0.2) is 17.2 Å². The molecular formula is C24H17ClN2O2. The number of aliphatic imine (C=N–C) groups is 1. The Labute approximate surface area is 173 Å². The van der Waals surface area contributed by atoms with E-state index in [0.717, 1.165) is 16.5 Å². The Kier molecular flexibility index (Phi) is 5.27. The van der Waals surface area contributed by atoms with E-state index in [1.54, 1.807) is 36.4 Å². The number of fused-ring (bicyclic) bond motifs is 1. The summed E-state index contributed by atoms with van der Waals surface area (Å²) in [5.41, 5.74) is 2.34. The smallest absolute Gasteiger partial charge is 0.255 e. The van der Waals surface area contributed by atoms with E-state index >= 15 is 0 Å². The van der Waals surface area contributed by atoms with Gasteiger partial charge in [-0.15, -0.1) is 0 Å². The van der Waals surface area contributed by atoms with Gasteiger partial charge < -0.3 is 10.4 Å². The Hall–Kier alpha value is -3.63. The number of carbonyl (C=O) groups excluding carboxylic acids is 1. The van der Waals surface area contributed by atoms with Crippen LogP contribution >= 0.6 is 11.6 Å². The number of hydrogen-bond acceptors (Lipinski definition) is 3. The number of halogens is 1. The van der Waals surface area contributed by atoms with Crippen LogP contribution in [0.1, 0.15) is 15.9 Å². The molecule has 0 aliphatic rings. The molecule has 0 unspecified atom stereocenters. The Bertz CT molecular complexity index is 1230. The molecule has 0 aromatic heterocycles. The highest BCUT2D eigenvalue weighted by molar-refractivity contribution is 6.30. The zero-order valence-corrected chi connectivity index (χ0v) is 16.1. The van der Waals surface area contributed by atoms with Gasteiger partial charge in [0.1, 0.15) is 5.75 Å². The van der Waals surface area contributed by atoms with Gasteiger partial charge in [0.2, 0.25) is 0 Å². The molecule has 4 nitrogen and oxygen atoms in total. The summed E-state index contributed by atoms with van der Waals surface area (Å²) < 4.78 is 0. The number of rotatable bonds is 4. The zero-order valence-electron chi connectivity index (χ0n) is 15.3. The molecule has 0 aliphatic heterocycles. The minimum atomic E-state index is -0.219. The molecule has 5 heteroatoms. The Morgan fingerprint density at radius 2 is 1.72 bits per heavy atom. The van der Waals surface area contributed by atoms with E-state index in [2.05, 4.69) is 10.3 Å². The lowest BCUT2D eigenvalue weighted by Gasteiger charge is -2.09. The topological polar surface area (TPSA) is 61.7 Å². The zero-order chi connectivity index (χ0) is 20.2. The van der Waals surface area contributed by atoms with Gasteiger partial charge in [0, 0.05) is 33.4 Å². The van der Waals surface area contributed by atoms with Crippen LogP contribution in [0.4, 0.5) is 11.4 Å². The Balaban J connectivity index is 1.57. The maximum atomic E-state index is 12.8. The summed E-state index contributed by atoms with van der Waals surface area (Å²) in [4.78, 5) is 17.1. The number of hydrogen-bond donors (Lipinski definition) is 2. The normalized spacial score (nSPS) is 11.1. The summed E-state index contributed by atoms with van der Waals surface area (Å²) in [6, 6.07) is 25.4. The van der Waals surface area contributed by atoms with Crippen molar-refractivity contribution < 1.29 is 9.90 Å². The molecule has 2 N–H and O–H groups in total. The van der Waals surface area contributed by atoms with Crippen LogP contribution in [0.25, 0.3) is 10.8 Å². The third-order valence-electron chi connectivity index (χ3n) is 4.49. The van der Waals surface area contributed by atoms with Gasteiger partial charge in [0.25, 0.3) is 5.91 Å². The van der Waals surface area contributed by atoms with Gasteiger partial charge in [-0.05, 0) is 47.9 Å². The SMILES string of the molecule is O=C(Nc1cccc2ccccc12)c1cccc(N=Cc2cc(Cl)ccc2O)c1. The molecule has 0 aliphatic carbocycles. The summed E-state index contributed by atoms with van der Waals surface area (Å²) in [7, 11) is 0. The number of anilines is 1. The summed E-state index contributed by atoms with van der Waals surface area (Å²) in [6.45, 7) is 0. The van der Waals surface area contributed by atoms with E-state index < -0.39 is 0 Å². The molecule has 0 saturated heterocycles. The molecule has 0 atom stereocenters. The lowest BCUT2D eigenvalue weighted by atomic mass is 10.1. The summed E-state index contributed by atoms with van der Waals surface area (Å²) in [6.07, 6.45) is 1.52. The monoisotopic (exact) mass is 400 g/mol. The van der Waals surface area contributed by atoms with Gasteiger partial charge in [-0.3, -0.25) is 9.79 Å². The number of aromatic hydroxyl groups is 1. The van der Waals surface area contributed by atoms with Crippen LogP contribution in [0.5, 0.6) is 5.75 Å². The lowest BCUT2D eigenvalue weighted by Crippen LogP contribution is -2.11. The van der Waals surface area contributed by atoms with E-state index in [-0.39, 0.29) is 11.7 Å². The van der Waals surface area contributed by atoms with Gasteiger partial charge >= 0.3 is 0 Å². The van der Waals surface area contributed by atoms with Crippen molar-refractivity contribution in [2.24, 2.45) is 4.99 Å². The molecule has 142 valence electrons. The maximum absolute atomic E-state index is 12.8. The molecule has 0 heterocycles. The summed E-state index contributed by atoms with van der Waals surface area (Å²) in [5, 5.41) is 15.4. The molecule has 4 aromatic rings. The predicted octanol–water partition coefficient (Wildman–Crippen LogP) is 6.20. The molecule has 1 amide bonds. The van der Waals surface area contributed by atoms with E-state index in [1.807, 2.05) is 42.5 Å². The summed E-state index contributed by atoms with van der Waals surface area (Å²) in [5.74, 6) is -0.132. The van der Waals surface area contributed by atoms with Crippen LogP contribution in [-0.2, 0) is 0 Å². The first-order chi connectivity index (χ1) is 14.1. The van der Waals surface area contributed by atoms with Crippen molar-refractivity contribution in [1.82, 2.24) is 0 Å². The third-order valence-corrected chi connectivity index (χ3v) is 4.72. The quantitative estimate of drug-likeness (QED) is 0.400. The minimum Gasteiger partial charge on any atom is -0.507 e. The van der Waals surface area contributed by atoms with Crippen LogP contribution in [0.2, 0.25) is 5.02 Å².